The van der Waals surface area contributed by atoms with Crippen LogP contribution in [0.4, 0.5) is 5.82 Å². The minimum Gasteiger partial charge on any atom is -0.362 e. The van der Waals surface area contributed by atoms with Crippen molar-refractivity contribution in [3.05, 3.63) is 66.7 Å². The summed E-state index contributed by atoms with van der Waals surface area (Å²) in [5.41, 5.74) is 4.15. The Morgan fingerprint density at radius 3 is 2.64 bits per heavy atom. The maximum absolute atomic E-state index is 4.42. The highest BCUT2D eigenvalue weighted by Gasteiger charge is 2.18. The topological polar surface area (TPSA) is 19.4 Å². The van der Waals surface area contributed by atoms with Gasteiger partial charge in [-0.3, -0.25) is 0 Å². The molecule has 1 atom stereocenters. The quantitative estimate of drug-likeness (QED) is 0.470. The number of aromatic nitrogens is 1. The van der Waals surface area contributed by atoms with Gasteiger partial charge >= 0.3 is 0 Å². The number of anilines is 1. The molecule has 1 aromatic heterocycles. The summed E-state index contributed by atoms with van der Waals surface area (Å²) in [4.78, 5) is 9.08. The van der Waals surface area contributed by atoms with Gasteiger partial charge in [0.1, 0.15) is 5.82 Å². The normalized spacial score (nSPS) is 17.0. The zero-order chi connectivity index (χ0) is 15.8. The molecule has 1 fully saturated rings. The minimum absolute atomic E-state index is 0.433. The summed E-state index contributed by atoms with van der Waals surface area (Å²) >= 11 is 0. The largest absolute Gasteiger partial charge is 0.362 e. The first kappa shape index (κ1) is 16.1. The van der Waals surface area contributed by atoms with E-state index in [0.29, 0.717) is 5.92 Å². The molecule has 1 aliphatic rings. The standard InChI is InChI=1S/C19H25N3/c1-4-8-17(3)10-11-18(5-2)21-13-15-22(16-14-21)19-9-6-7-12-20-19/h4,6-12,17H,2,13-16H2,1,3H3/b8-4-,11-10-. The zero-order valence-electron chi connectivity index (χ0n) is 13.6. The summed E-state index contributed by atoms with van der Waals surface area (Å²) in [6.07, 6.45) is 10.4. The van der Waals surface area contributed by atoms with Gasteiger partial charge in [0.15, 0.2) is 0 Å². The second kappa shape index (κ2) is 8.26. The fraction of sp³-hybridized carbons (Fsp3) is 0.368. The summed E-state index contributed by atoms with van der Waals surface area (Å²) in [5.74, 6) is 1.49. The van der Waals surface area contributed by atoms with Crippen LogP contribution in [0.2, 0.25) is 0 Å². The monoisotopic (exact) mass is 295 g/mol. The summed E-state index contributed by atoms with van der Waals surface area (Å²) in [5, 5.41) is 0. The Hall–Kier alpha value is -2.25. The highest BCUT2D eigenvalue weighted by atomic mass is 15.3. The molecule has 2 heterocycles. The molecule has 0 aromatic carbocycles. The Balaban J connectivity index is 1.94. The van der Waals surface area contributed by atoms with Crippen molar-refractivity contribution < 1.29 is 0 Å². The highest BCUT2D eigenvalue weighted by Crippen LogP contribution is 2.16. The number of allylic oxidation sites excluding steroid dienone is 4. The van der Waals surface area contributed by atoms with Crippen LogP contribution >= 0.6 is 0 Å². The summed E-state index contributed by atoms with van der Waals surface area (Å²) < 4.78 is 0. The predicted molar refractivity (Wildman–Crippen MR) is 93.8 cm³/mol. The van der Waals surface area contributed by atoms with Gasteiger partial charge in [-0.1, -0.05) is 37.8 Å². The molecule has 22 heavy (non-hydrogen) atoms. The third-order valence-corrected chi connectivity index (χ3v) is 3.83. The molecule has 0 aliphatic carbocycles. The first-order valence-corrected chi connectivity index (χ1v) is 7.86. The Morgan fingerprint density at radius 1 is 1.27 bits per heavy atom. The van der Waals surface area contributed by atoms with Gasteiger partial charge in [-0.25, -0.2) is 4.98 Å². The van der Waals surface area contributed by atoms with Gasteiger partial charge in [0, 0.05) is 32.4 Å². The summed E-state index contributed by atoms with van der Waals surface area (Å²) in [6, 6.07) is 6.06. The van der Waals surface area contributed by atoms with E-state index >= 15 is 0 Å². The summed E-state index contributed by atoms with van der Waals surface area (Å²) in [6.45, 7) is 11.9. The molecule has 0 radical (unpaired) electrons. The van der Waals surface area contributed by atoms with E-state index in [9.17, 15) is 0 Å². The average molecular weight is 295 g/mol. The summed E-state index contributed by atoms with van der Waals surface area (Å²) in [7, 11) is 0. The number of piperazine rings is 1. The minimum atomic E-state index is 0.433. The lowest BCUT2D eigenvalue weighted by Crippen LogP contribution is -2.45. The lowest BCUT2D eigenvalue weighted by atomic mass is 10.1. The second-order valence-electron chi connectivity index (χ2n) is 5.47. The number of rotatable bonds is 5. The molecule has 1 aliphatic heterocycles. The Bertz CT molecular complexity index is 560. The van der Waals surface area contributed by atoms with E-state index in [1.165, 1.54) is 0 Å². The van der Waals surface area contributed by atoms with Crippen LogP contribution < -0.4 is 4.90 Å². The molecule has 0 spiro atoms. The van der Waals surface area contributed by atoms with Gasteiger partial charge in [0.2, 0.25) is 0 Å². The smallest absolute Gasteiger partial charge is 0.128 e. The predicted octanol–water partition coefficient (Wildman–Crippen LogP) is 3.64. The Morgan fingerprint density at radius 2 is 2.05 bits per heavy atom. The molecule has 0 N–H and O–H groups in total. The van der Waals surface area contributed by atoms with Crippen LogP contribution in [0.15, 0.2) is 66.7 Å². The van der Waals surface area contributed by atoms with E-state index in [1.807, 2.05) is 25.3 Å². The van der Waals surface area contributed by atoms with Crippen molar-refractivity contribution in [2.24, 2.45) is 5.92 Å². The molecule has 0 saturated carbocycles. The van der Waals surface area contributed by atoms with Gasteiger partial charge in [0.25, 0.3) is 0 Å². The van der Waals surface area contributed by atoms with Crippen molar-refractivity contribution in [2.75, 3.05) is 31.1 Å². The highest BCUT2D eigenvalue weighted by molar-refractivity contribution is 5.38. The van der Waals surface area contributed by atoms with Gasteiger partial charge in [-0.05, 0) is 31.1 Å². The zero-order valence-corrected chi connectivity index (χ0v) is 13.6. The second-order valence-corrected chi connectivity index (χ2v) is 5.47. The molecule has 1 unspecified atom stereocenters. The van der Waals surface area contributed by atoms with Gasteiger partial charge in [-0.2, -0.15) is 0 Å². The van der Waals surface area contributed by atoms with Gasteiger partial charge in [-0.15, -0.1) is 5.73 Å². The van der Waals surface area contributed by atoms with Crippen LogP contribution in [0.25, 0.3) is 0 Å². The van der Waals surface area contributed by atoms with E-state index in [1.54, 1.807) is 0 Å². The molecule has 3 nitrogen and oxygen atoms in total. The first-order chi connectivity index (χ1) is 10.7. The molecular formula is C19H25N3. The maximum Gasteiger partial charge on any atom is 0.128 e. The van der Waals surface area contributed by atoms with E-state index in [0.717, 1.165) is 37.7 Å². The fourth-order valence-electron chi connectivity index (χ4n) is 2.60. The molecule has 1 saturated heterocycles. The maximum atomic E-state index is 4.42. The third kappa shape index (κ3) is 4.37. The number of hydrogen-bond acceptors (Lipinski definition) is 3. The molecule has 1 aromatic rings. The van der Waals surface area contributed by atoms with E-state index in [-0.39, 0.29) is 0 Å². The molecule has 3 heteroatoms. The first-order valence-electron chi connectivity index (χ1n) is 7.86. The van der Waals surface area contributed by atoms with Crippen LogP contribution in [0.5, 0.6) is 0 Å². The number of pyridine rings is 1. The van der Waals surface area contributed by atoms with Crippen molar-refractivity contribution >= 4 is 5.82 Å². The van der Waals surface area contributed by atoms with Gasteiger partial charge in [0.05, 0.1) is 5.70 Å². The van der Waals surface area contributed by atoms with Crippen LogP contribution in [-0.2, 0) is 0 Å². The van der Waals surface area contributed by atoms with Crippen molar-refractivity contribution in [1.82, 2.24) is 9.88 Å². The molecule has 2 rings (SSSR count). The lowest BCUT2D eigenvalue weighted by molar-refractivity contribution is 0.330. The fourth-order valence-corrected chi connectivity index (χ4v) is 2.60. The van der Waals surface area contributed by atoms with Crippen molar-refractivity contribution in [2.45, 2.75) is 13.8 Å². The Labute approximate surface area is 134 Å². The van der Waals surface area contributed by atoms with Crippen LogP contribution in [0.1, 0.15) is 13.8 Å². The van der Waals surface area contributed by atoms with Crippen LogP contribution in [0.3, 0.4) is 0 Å². The van der Waals surface area contributed by atoms with Crippen molar-refractivity contribution in [3.8, 4) is 0 Å². The molecular weight excluding hydrogens is 270 g/mol. The average Bonchev–Trinajstić information content (AvgIpc) is 2.57. The number of hydrogen-bond donors (Lipinski definition) is 0. The lowest BCUT2D eigenvalue weighted by Gasteiger charge is -2.36. The molecule has 116 valence electrons. The number of nitrogens with zero attached hydrogens (tertiary/aromatic N) is 3. The van der Waals surface area contributed by atoms with E-state index in [2.05, 4.69) is 64.4 Å². The Kier molecular flexibility index (Phi) is 6.05. The van der Waals surface area contributed by atoms with Crippen molar-refractivity contribution in [3.63, 3.8) is 0 Å². The molecule has 0 amide bonds. The van der Waals surface area contributed by atoms with E-state index in [4.69, 9.17) is 0 Å². The molecule has 0 bridgehead atoms. The van der Waals surface area contributed by atoms with Crippen LogP contribution in [-0.4, -0.2) is 36.1 Å². The van der Waals surface area contributed by atoms with Crippen LogP contribution in [0, 0.1) is 5.92 Å². The van der Waals surface area contributed by atoms with Gasteiger partial charge < -0.3 is 9.80 Å². The van der Waals surface area contributed by atoms with E-state index < -0.39 is 0 Å². The third-order valence-electron chi connectivity index (χ3n) is 3.83. The van der Waals surface area contributed by atoms with Crippen molar-refractivity contribution in [1.29, 1.82) is 0 Å². The SMILES string of the molecule is C=C=C(/C=C\C(C)/C=C\C)N1CCN(c2ccccn2)CC1.